The summed E-state index contributed by atoms with van der Waals surface area (Å²) in [7, 11) is 0. The van der Waals surface area contributed by atoms with Crippen molar-refractivity contribution >= 4 is 38.1 Å². The molecule has 5 heteroatoms. The molecule has 0 fully saturated rings. The maximum atomic E-state index is 13.4. The Kier molecular flexibility index (Phi) is 7.64. The Labute approximate surface area is 273 Å². The fraction of sp³-hybridized carbons (Fsp3) is 0. The molecule has 0 unspecified atom stereocenters. The molecule has 5 aromatic carbocycles. The number of pyridine rings is 2. The minimum atomic E-state index is -0.297. The van der Waals surface area contributed by atoms with Gasteiger partial charge < -0.3 is 14.4 Å². The molecule has 0 amide bonds. The summed E-state index contributed by atoms with van der Waals surface area (Å²) < 4.78 is 15.7. The first-order valence-electron chi connectivity index (χ1n) is 14.4. The SMILES string of the molecule is Fc1c[c-]c(-c2cc3c(cn2)c2cccc4c5cc(-c6ccccc6)ccc5n3c42)cc1.[Ir].[c-]1ccccc1-c1ccccn1. The molecular formula is C40H24FIrN3-2. The Bertz CT molecular complexity index is 2330. The zero-order chi connectivity index (χ0) is 29.5. The van der Waals surface area contributed by atoms with Crippen molar-refractivity contribution in [3.63, 3.8) is 0 Å². The molecule has 0 saturated heterocycles. The summed E-state index contributed by atoms with van der Waals surface area (Å²) >= 11 is 0. The summed E-state index contributed by atoms with van der Waals surface area (Å²) in [6.45, 7) is 0. The first kappa shape index (κ1) is 28.5. The molecule has 45 heavy (non-hydrogen) atoms. The summed E-state index contributed by atoms with van der Waals surface area (Å²) in [5.41, 5.74) is 9.48. The number of hydrogen-bond acceptors (Lipinski definition) is 2. The van der Waals surface area contributed by atoms with Gasteiger partial charge in [0.05, 0.1) is 11.0 Å². The van der Waals surface area contributed by atoms with E-state index in [0.29, 0.717) is 0 Å². The van der Waals surface area contributed by atoms with Gasteiger partial charge in [0.25, 0.3) is 0 Å². The molecule has 1 radical (unpaired) electrons. The van der Waals surface area contributed by atoms with E-state index in [1.165, 1.54) is 50.5 Å². The van der Waals surface area contributed by atoms with Crippen LogP contribution in [0, 0.1) is 17.9 Å². The second-order valence-corrected chi connectivity index (χ2v) is 10.6. The van der Waals surface area contributed by atoms with E-state index in [-0.39, 0.29) is 25.9 Å². The number of halogens is 1. The van der Waals surface area contributed by atoms with Gasteiger partial charge in [-0.1, -0.05) is 72.8 Å². The molecule has 0 aliphatic rings. The molecular weight excluding hydrogens is 734 g/mol. The summed E-state index contributed by atoms with van der Waals surface area (Å²) in [6.07, 6.45) is 3.71. The van der Waals surface area contributed by atoms with Crippen LogP contribution in [0.15, 0.2) is 146 Å². The minimum Gasteiger partial charge on any atom is -0.309 e. The molecule has 217 valence electrons. The fourth-order valence-corrected chi connectivity index (χ4v) is 5.97. The van der Waals surface area contributed by atoms with Crippen LogP contribution < -0.4 is 0 Å². The first-order chi connectivity index (χ1) is 21.7. The molecule has 0 saturated carbocycles. The quantitative estimate of drug-likeness (QED) is 0.168. The van der Waals surface area contributed by atoms with Crippen molar-refractivity contribution in [1.29, 1.82) is 0 Å². The van der Waals surface area contributed by atoms with E-state index in [9.17, 15) is 4.39 Å². The second-order valence-electron chi connectivity index (χ2n) is 10.6. The third-order valence-corrected chi connectivity index (χ3v) is 8.01. The molecule has 9 rings (SSSR count). The van der Waals surface area contributed by atoms with Gasteiger partial charge in [0.15, 0.2) is 0 Å². The van der Waals surface area contributed by atoms with Crippen molar-refractivity contribution in [1.82, 2.24) is 14.4 Å². The summed E-state index contributed by atoms with van der Waals surface area (Å²) in [6, 6.07) is 50.1. The van der Waals surface area contributed by atoms with Crippen LogP contribution in [0.3, 0.4) is 0 Å². The van der Waals surface area contributed by atoms with E-state index in [0.717, 1.165) is 33.4 Å². The standard InChI is InChI=1S/C29H16FN2.C11H8N.Ir/c30-21-12-9-19(10-13-21)26-16-28-25(17-31-26)23-8-4-7-22-24-15-20(18-5-2-1-3-6-18)11-14-27(24)32(28)29(22)23;1-2-6-10(7-3-1)11-8-4-5-9-12-11;/h1-9,11-17H;1-6,8-9H;/q2*-1;. The first-order valence-corrected chi connectivity index (χ1v) is 14.4. The molecule has 4 aromatic heterocycles. The molecule has 3 nitrogen and oxygen atoms in total. The van der Waals surface area contributed by atoms with E-state index in [4.69, 9.17) is 0 Å². The van der Waals surface area contributed by atoms with Crippen LogP contribution in [0.1, 0.15) is 0 Å². The van der Waals surface area contributed by atoms with Crippen LogP contribution in [0.5, 0.6) is 0 Å². The van der Waals surface area contributed by atoms with Crippen LogP contribution >= 0.6 is 0 Å². The number of rotatable bonds is 3. The molecule has 0 aliphatic heterocycles. The number of para-hydroxylation sites is 1. The van der Waals surface area contributed by atoms with E-state index in [1.807, 2.05) is 54.7 Å². The normalized spacial score (nSPS) is 11.0. The van der Waals surface area contributed by atoms with Crippen molar-refractivity contribution in [2.75, 3.05) is 0 Å². The smallest absolute Gasteiger partial charge is 0.0620 e. The van der Waals surface area contributed by atoms with Crippen molar-refractivity contribution in [2.45, 2.75) is 0 Å². The third kappa shape index (κ3) is 5.16. The van der Waals surface area contributed by atoms with Crippen LogP contribution in [-0.2, 0) is 20.1 Å². The average molecular weight is 758 g/mol. The molecule has 4 heterocycles. The van der Waals surface area contributed by atoms with Crippen LogP contribution in [0.25, 0.3) is 71.7 Å². The number of fused-ring (bicyclic) bond motifs is 6. The number of benzene rings is 5. The second kappa shape index (κ2) is 12.0. The largest absolute Gasteiger partial charge is 0.309 e. The maximum Gasteiger partial charge on any atom is 0.0620 e. The molecule has 0 aliphatic carbocycles. The molecule has 0 bridgehead atoms. The maximum absolute atomic E-state index is 13.4. The molecule has 0 spiro atoms. The average Bonchev–Trinajstić information content (AvgIpc) is 3.62. The summed E-state index contributed by atoms with van der Waals surface area (Å²) in [4.78, 5) is 8.88. The van der Waals surface area contributed by atoms with Crippen molar-refractivity contribution in [2.24, 2.45) is 0 Å². The van der Waals surface area contributed by atoms with Crippen LogP contribution in [0.4, 0.5) is 4.39 Å². The van der Waals surface area contributed by atoms with Crippen molar-refractivity contribution in [3.8, 4) is 33.6 Å². The van der Waals surface area contributed by atoms with E-state index >= 15 is 0 Å². The van der Waals surface area contributed by atoms with Gasteiger partial charge in [-0.2, -0.15) is 0 Å². The number of nitrogens with zero attached hydrogens (tertiary/aromatic N) is 3. The predicted octanol–water partition coefficient (Wildman–Crippen LogP) is 10.1. The Morgan fingerprint density at radius 3 is 2.11 bits per heavy atom. The van der Waals surface area contributed by atoms with Gasteiger partial charge >= 0.3 is 0 Å². The number of aromatic nitrogens is 3. The van der Waals surface area contributed by atoms with Gasteiger partial charge in [-0.3, -0.25) is 4.39 Å². The molecule has 0 N–H and O–H groups in total. The number of hydrogen-bond donors (Lipinski definition) is 0. The van der Waals surface area contributed by atoms with E-state index < -0.39 is 0 Å². The Hall–Kier alpha value is -5.22. The van der Waals surface area contributed by atoms with Gasteiger partial charge in [0, 0.05) is 65.4 Å². The Morgan fingerprint density at radius 1 is 0.556 bits per heavy atom. The van der Waals surface area contributed by atoms with E-state index in [1.54, 1.807) is 12.3 Å². The van der Waals surface area contributed by atoms with Gasteiger partial charge in [0.1, 0.15) is 0 Å². The van der Waals surface area contributed by atoms with Crippen LogP contribution in [0.2, 0.25) is 0 Å². The summed E-state index contributed by atoms with van der Waals surface area (Å²) in [5.74, 6) is -0.297. The van der Waals surface area contributed by atoms with Gasteiger partial charge in [-0.05, 0) is 40.7 Å². The minimum absolute atomic E-state index is 0. The van der Waals surface area contributed by atoms with Crippen molar-refractivity contribution < 1.29 is 24.5 Å². The third-order valence-electron chi connectivity index (χ3n) is 8.01. The Morgan fingerprint density at radius 2 is 1.36 bits per heavy atom. The molecule has 9 aromatic rings. The molecule has 0 atom stereocenters. The fourth-order valence-electron chi connectivity index (χ4n) is 5.97. The van der Waals surface area contributed by atoms with Gasteiger partial charge in [-0.25, -0.2) is 0 Å². The topological polar surface area (TPSA) is 30.2 Å². The van der Waals surface area contributed by atoms with Crippen molar-refractivity contribution in [3.05, 3.63) is 164 Å². The monoisotopic (exact) mass is 758 g/mol. The van der Waals surface area contributed by atoms with Gasteiger partial charge in [-0.15, -0.1) is 65.7 Å². The zero-order valence-electron chi connectivity index (χ0n) is 23.9. The predicted molar refractivity (Wildman–Crippen MR) is 177 cm³/mol. The van der Waals surface area contributed by atoms with Gasteiger partial charge in [0.2, 0.25) is 0 Å². The Balaban J connectivity index is 0.000000211. The summed E-state index contributed by atoms with van der Waals surface area (Å²) in [5, 5.41) is 4.78. The van der Waals surface area contributed by atoms with Crippen LogP contribution in [-0.4, -0.2) is 14.4 Å². The van der Waals surface area contributed by atoms with E-state index in [2.05, 4.69) is 93.2 Å². The zero-order valence-corrected chi connectivity index (χ0v) is 26.3.